The predicted octanol–water partition coefficient (Wildman–Crippen LogP) is 3.52. The van der Waals surface area contributed by atoms with E-state index in [9.17, 15) is 10.1 Å². The number of ether oxygens (including phenoxy) is 1. The standard InChI is InChI=1S/C18H19ClN2O2/c1-18(2)7-13(22)16-14(8-18)23-17(21)12(9-20)15(16)10-3-5-11(19)6-4-10/h3-6,12,15,17H,7-8,21H2,1-2H3/t12-,15+,17+/m1/s1. The molecule has 3 rings (SSSR count). The monoisotopic (exact) mass is 330 g/mol. The van der Waals surface area contributed by atoms with Crippen LogP contribution in [0.4, 0.5) is 0 Å². The number of allylic oxidation sites excluding steroid dienone is 2. The second kappa shape index (κ2) is 5.67. The zero-order chi connectivity index (χ0) is 16.8. The molecular formula is C18H19ClN2O2. The topological polar surface area (TPSA) is 76.1 Å². The van der Waals surface area contributed by atoms with E-state index in [1.54, 1.807) is 12.1 Å². The number of hydrogen-bond donors (Lipinski definition) is 1. The smallest absolute Gasteiger partial charge is 0.164 e. The van der Waals surface area contributed by atoms with E-state index in [0.717, 1.165) is 5.56 Å². The lowest BCUT2D eigenvalue weighted by Gasteiger charge is -2.41. The molecule has 3 atom stereocenters. The maximum Gasteiger partial charge on any atom is 0.164 e. The Labute approximate surface area is 140 Å². The molecule has 2 N–H and O–H groups in total. The van der Waals surface area contributed by atoms with Gasteiger partial charge >= 0.3 is 0 Å². The number of halogens is 1. The second-order valence-electron chi connectivity index (χ2n) is 7.04. The van der Waals surface area contributed by atoms with Gasteiger partial charge in [0.05, 0.1) is 6.07 Å². The molecule has 0 fully saturated rings. The fourth-order valence-corrected chi connectivity index (χ4v) is 3.65. The van der Waals surface area contributed by atoms with Crippen LogP contribution in [0.15, 0.2) is 35.6 Å². The van der Waals surface area contributed by atoms with Gasteiger partial charge in [0.15, 0.2) is 12.0 Å². The van der Waals surface area contributed by atoms with E-state index in [1.807, 2.05) is 26.0 Å². The van der Waals surface area contributed by atoms with Crippen LogP contribution in [0.5, 0.6) is 0 Å². The molecule has 1 aliphatic heterocycles. The average molecular weight is 331 g/mol. The molecule has 0 radical (unpaired) electrons. The van der Waals surface area contributed by atoms with Gasteiger partial charge in [-0.3, -0.25) is 10.5 Å². The molecule has 1 aliphatic carbocycles. The Bertz CT molecular complexity index is 716. The summed E-state index contributed by atoms with van der Waals surface area (Å²) in [5.74, 6) is -0.270. The summed E-state index contributed by atoms with van der Waals surface area (Å²) >= 11 is 5.96. The first-order chi connectivity index (χ1) is 10.8. The molecule has 5 heteroatoms. The van der Waals surface area contributed by atoms with Gasteiger partial charge in [0.25, 0.3) is 0 Å². The van der Waals surface area contributed by atoms with Gasteiger partial charge in [0.1, 0.15) is 11.7 Å². The van der Waals surface area contributed by atoms with Crippen molar-refractivity contribution < 1.29 is 9.53 Å². The van der Waals surface area contributed by atoms with E-state index >= 15 is 0 Å². The number of nitrogens with two attached hydrogens (primary N) is 1. The summed E-state index contributed by atoms with van der Waals surface area (Å²) in [7, 11) is 0. The van der Waals surface area contributed by atoms with Crippen molar-refractivity contribution in [1.82, 2.24) is 0 Å². The van der Waals surface area contributed by atoms with Gasteiger partial charge in [-0.1, -0.05) is 37.6 Å². The summed E-state index contributed by atoms with van der Waals surface area (Å²) in [5, 5.41) is 10.2. The molecule has 1 heterocycles. The zero-order valence-corrected chi connectivity index (χ0v) is 13.9. The highest BCUT2D eigenvalue weighted by atomic mass is 35.5. The highest BCUT2D eigenvalue weighted by Crippen LogP contribution is 2.48. The third kappa shape index (κ3) is 2.87. The minimum Gasteiger partial charge on any atom is -0.478 e. The van der Waals surface area contributed by atoms with E-state index in [-0.39, 0.29) is 17.1 Å². The Morgan fingerprint density at radius 1 is 1.30 bits per heavy atom. The number of carbonyl (C=O) groups is 1. The highest BCUT2D eigenvalue weighted by Gasteiger charge is 2.46. The van der Waals surface area contributed by atoms with Gasteiger partial charge in [0.2, 0.25) is 0 Å². The van der Waals surface area contributed by atoms with Gasteiger partial charge in [-0.05, 0) is 23.1 Å². The predicted molar refractivity (Wildman–Crippen MR) is 87.4 cm³/mol. The van der Waals surface area contributed by atoms with Crippen molar-refractivity contribution in [2.24, 2.45) is 17.1 Å². The van der Waals surface area contributed by atoms with Crippen LogP contribution in [-0.2, 0) is 9.53 Å². The van der Waals surface area contributed by atoms with Crippen molar-refractivity contribution in [2.45, 2.75) is 38.8 Å². The molecule has 2 aliphatic rings. The maximum absolute atomic E-state index is 12.7. The number of ketones is 1. The summed E-state index contributed by atoms with van der Waals surface area (Å²) in [4.78, 5) is 12.7. The number of hydrogen-bond acceptors (Lipinski definition) is 4. The third-order valence-electron chi connectivity index (χ3n) is 4.56. The van der Waals surface area contributed by atoms with Crippen LogP contribution >= 0.6 is 11.6 Å². The quantitative estimate of drug-likeness (QED) is 0.854. The Balaban J connectivity index is 2.14. The lowest BCUT2D eigenvalue weighted by molar-refractivity contribution is -0.120. The van der Waals surface area contributed by atoms with Crippen LogP contribution in [0.1, 0.15) is 38.2 Å². The van der Waals surface area contributed by atoms with Crippen molar-refractivity contribution in [2.75, 3.05) is 0 Å². The van der Waals surface area contributed by atoms with Crippen LogP contribution in [0.3, 0.4) is 0 Å². The van der Waals surface area contributed by atoms with Crippen molar-refractivity contribution in [3.63, 3.8) is 0 Å². The van der Waals surface area contributed by atoms with Gasteiger partial charge in [-0.2, -0.15) is 5.26 Å². The van der Waals surface area contributed by atoms with Crippen molar-refractivity contribution in [3.05, 3.63) is 46.2 Å². The Morgan fingerprint density at radius 3 is 2.57 bits per heavy atom. The lowest BCUT2D eigenvalue weighted by atomic mass is 9.68. The van der Waals surface area contributed by atoms with Gasteiger partial charge in [-0.15, -0.1) is 0 Å². The first kappa shape index (κ1) is 16.0. The number of carbonyl (C=O) groups excluding carboxylic acids is 1. The van der Waals surface area contributed by atoms with Gasteiger partial charge in [0, 0.05) is 29.4 Å². The number of nitriles is 1. The van der Waals surface area contributed by atoms with Crippen LogP contribution in [-0.4, -0.2) is 12.0 Å². The summed E-state index contributed by atoms with van der Waals surface area (Å²) < 4.78 is 5.76. The highest BCUT2D eigenvalue weighted by molar-refractivity contribution is 6.30. The van der Waals surface area contributed by atoms with E-state index in [4.69, 9.17) is 22.1 Å². The fraction of sp³-hybridized carbons (Fsp3) is 0.444. The van der Waals surface area contributed by atoms with E-state index in [2.05, 4.69) is 6.07 Å². The van der Waals surface area contributed by atoms with Crippen molar-refractivity contribution in [3.8, 4) is 6.07 Å². The Hall–Kier alpha value is -1.83. The Kier molecular flexibility index (Phi) is 3.95. The molecule has 4 nitrogen and oxygen atoms in total. The molecule has 0 unspecified atom stereocenters. The molecule has 0 bridgehead atoms. The van der Waals surface area contributed by atoms with Gasteiger partial charge < -0.3 is 4.74 Å². The van der Waals surface area contributed by atoms with Gasteiger partial charge in [-0.25, -0.2) is 0 Å². The number of benzene rings is 1. The summed E-state index contributed by atoms with van der Waals surface area (Å²) in [6.07, 6.45) is 0.373. The number of nitrogens with zero attached hydrogens (tertiary/aromatic N) is 1. The van der Waals surface area contributed by atoms with E-state index in [0.29, 0.717) is 29.2 Å². The average Bonchev–Trinajstić information content (AvgIpc) is 2.45. The first-order valence-corrected chi connectivity index (χ1v) is 8.04. The largest absolute Gasteiger partial charge is 0.478 e. The fourth-order valence-electron chi connectivity index (χ4n) is 3.53. The second-order valence-corrected chi connectivity index (χ2v) is 7.48. The lowest BCUT2D eigenvalue weighted by Crippen LogP contribution is -2.44. The minimum absolute atomic E-state index is 0.0448. The summed E-state index contributed by atoms with van der Waals surface area (Å²) in [6, 6.07) is 9.47. The van der Waals surface area contributed by atoms with Crippen LogP contribution in [0.2, 0.25) is 5.02 Å². The molecular weight excluding hydrogens is 312 g/mol. The SMILES string of the molecule is CC1(C)CC(=O)C2=C(C1)O[C@H](N)[C@H](C#N)[C@@H]2c1ccc(Cl)cc1. The van der Waals surface area contributed by atoms with E-state index < -0.39 is 12.1 Å². The van der Waals surface area contributed by atoms with Crippen LogP contribution in [0.25, 0.3) is 0 Å². The minimum atomic E-state index is -0.735. The Morgan fingerprint density at radius 2 is 1.96 bits per heavy atom. The molecule has 0 saturated carbocycles. The van der Waals surface area contributed by atoms with Crippen LogP contribution < -0.4 is 5.73 Å². The molecule has 0 spiro atoms. The molecule has 1 aromatic carbocycles. The molecule has 0 amide bonds. The molecule has 0 saturated heterocycles. The summed E-state index contributed by atoms with van der Waals surface area (Å²) in [5.41, 5.74) is 7.41. The number of rotatable bonds is 1. The number of Topliss-reactive ketones (excluding diaryl/α,β-unsaturated/α-hetero) is 1. The molecule has 1 aromatic rings. The van der Waals surface area contributed by atoms with E-state index in [1.165, 1.54) is 0 Å². The van der Waals surface area contributed by atoms with Crippen LogP contribution in [0, 0.1) is 22.7 Å². The molecule has 120 valence electrons. The maximum atomic E-state index is 12.7. The molecule has 23 heavy (non-hydrogen) atoms. The third-order valence-corrected chi connectivity index (χ3v) is 4.81. The zero-order valence-electron chi connectivity index (χ0n) is 13.2. The first-order valence-electron chi connectivity index (χ1n) is 7.66. The normalized spacial score (nSPS) is 29.5. The molecule has 0 aromatic heterocycles. The van der Waals surface area contributed by atoms with Crippen molar-refractivity contribution in [1.29, 1.82) is 5.26 Å². The summed E-state index contributed by atoms with van der Waals surface area (Å²) in [6.45, 7) is 4.08. The van der Waals surface area contributed by atoms with Crippen molar-refractivity contribution >= 4 is 17.4 Å².